The van der Waals surface area contributed by atoms with Crippen molar-refractivity contribution >= 4 is 12.0 Å². The predicted molar refractivity (Wildman–Crippen MR) is 129 cm³/mol. The summed E-state index contributed by atoms with van der Waals surface area (Å²) in [6.07, 6.45) is 12.1. The Hall–Kier alpha value is -2.01. The molecule has 1 heterocycles. The lowest BCUT2D eigenvalue weighted by molar-refractivity contribution is -0.150. The number of benzene rings is 1. The van der Waals surface area contributed by atoms with Crippen molar-refractivity contribution in [3.8, 4) is 0 Å². The minimum absolute atomic E-state index is 0.0473. The molecule has 5 heteroatoms. The number of hydrogen-bond donors (Lipinski definition) is 1. The number of allylic oxidation sites excluding steroid dienone is 1. The van der Waals surface area contributed by atoms with E-state index in [2.05, 4.69) is 25.1 Å². The van der Waals surface area contributed by atoms with E-state index in [0.29, 0.717) is 24.2 Å². The van der Waals surface area contributed by atoms with Crippen LogP contribution < -0.4 is 0 Å². The SMILES string of the molecule is C[C@]12CC[C@@H](O)CC1=CC[C@@H]1[C@@H]2CC[C@]2(C)C(C3(C=O)CC(c4ccc(F)cc4)=NO3)CC[C@@H]12. The Labute approximate surface area is 201 Å². The molecule has 1 aromatic rings. The molecule has 2 unspecified atom stereocenters. The molecule has 3 saturated carbocycles. The first-order chi connectivity index (χ1) is 16.3. The molecule has 1 aliphatic heterocycles. The van der Waals surface area contributed by atoms with Gasteiger partial charge in [-0.2, -0.15) is 0 Å². The molecule has 8 atom stereocenters. The maximum absolute atomic E-state index is 13.4. The zero-order chi connectivity index (χ0) is 23.7. The minimum Gasteiger partial charge on any atom is -0.393 e. The van der Waals surface area contributed by atoms with E-state index in [1.807, 2.05) is 0 Å². The van der Waals surface area contributed by atoms with Crippen molar-refractivity contribution in [2.75, 3.05) is 0 Å². The van der Waals surface area contributed by atoms with Gasteiger partial charge in [0.25, 0.3) is 0 Å². The smallest absolute Gasteiger partial charge is 0.201 e. The highest BCUT2D eigenvalue weighted by Crippen LogP contribution is 2.68. The van der Waals surface area contributed by atoms with Gasteiger partial charge in [0.15, 0.2) is 6.29 Å². The Bertz CT molecular complexity index is 1050. The summed E-state index contributed by atoms with van der Waals surface area (Å²) in [6.45, 7) is 4.86. The van der Waals surface area contributed by atoms with Gasteiger partial charge in [0.1, 0.15) is 5.82 Å². The fourth-order valence-corrected chi connectivity index (χ4v) is 9.04. The van der Waals surface area contributed by atoms with Gasteiger partial charge in [0.05, 0.1) is 11.8 Å². The summed E-state index contributed by atoms with van der Waals surface area (Å²) in [5.41, 5.74) is 2.40. The maximum atomic E-state index is 13.4. The summed E-state index contributed by atoms with van der Waals surface area (Å²) >= 11 is 0. The van der Waals surface area contributed by atoms with Crippen molar-refractivity contribution in [3.05, 3.63) is 47.3 Å². The van der Waals surface area contributed by atoms with Gasteiger partial charge < -0.3 is 9.94 Å². The van der Waals surface area contributed by atoms with Crippen molar-refractivity contribution in [1.82, 2.24) is 0 Å². The van der Waals surface area contributed by atoms with Gasteiger partial charge in [0.2, 0.25) is 5.60 Å². The van der Waals surface area contributed by atoms with Gasteiger partial charge in [-0.3, -0.25) is 4.79 Å². The fourth-order valence-electron chi connectivity index (χ4n) is 9.04. The molecule has 182 valence electrons. The number of aliphatic hydroxyl groups is 1. The van der Waals surface area contributed by atoms with Crippen LogP contribution in [0.25, 0.3) is 0 Å². The molecule has 3 fully saturated rings. The van der Waals surface area contributed by atoms with Crippen LogP contribution in [0.3, 0.4) is 0 Å². The highest BCUT2D eigenvalue weighted by molar-refractivity contribution is 6.03. The number of nitrogens with zero attached hydrogens (tertiary/aromatic N) is 1. The lowest BCUT2D eigenvalue weighted by Crippen LogP contribution is -2.54. The monoisotopic (exact) mass is 465 g/mol. The standard InChI is InChI=1S/C29H36FNO3/c1-27-13-11-21(33)15-19(27)5-8-22-23-9-10-26(28(23,2)14-12-24(22)27)29(17-32)16-25(31-34-29)18-3-6-20(30)7-4-18/h3-7,17,21-24,26,33H,8-16H2,1-2H3/t21-,22+,23+,24+,26?,27+,28+,29?/m1/s1. The fraction of sp³-hybridized carbons (Fsp3) is 0.655. The van der Waals surface area contributed by atoms with Crippen LogP contribution >= 0.6 is 0 Å². The Morgan fingerprint density at radius 3 is 2.65 bits per heavy atom. The molecule has 0 amide bonds. The summed E-state index contributed by atoms with van der Waals surface area (Å²) in [5, 5.41) is 14.6. The minimum atomic E-state index is -0.922. The molecule has 4 nitrogen and oxygen atoms in total. The number of carbonyl (C=O) groups excluding carboxylic acids is 1. The van der Waals surface area contributed by atoms with Crippen molar-refractivity contribution in [2.24, 2.45) is 39.7 Å². The first-order valence-corrected chi connectivity index (χ1v) is 13.1. The molecule has 34 heavy (non-hydrogen) atoms. The molecule has 0 radical (unpaired) electrons. The lowest BCUT2D eigenvalue weighted by Gasteiger charge is -2.58. The van der Waals surface area contributed by atoms with Crippen molar-refractivity contribution in [2.45, 2.75) is 83.3 Å². The van der Waals surface area contributed by atoms with Crippen LogP contribution in [0.5, 0.6) is 0 Å². The van der Waals surface area contributed by atoms with Gasteiger partial charge in [-0.1, -0.05) is 42.8 Å². The molecule has 0 bridgehead atoms. The third-order valence-electron chi connectivity index (χ3n) is 10.8. The first kappa shape index (κ1) is 22.5. The second-order valence-electron chi connectivity index (χ2n) is 12.2. The Kier molecular flexibility index (Phi) is 5.11. The average molecular weight is 466 g/mol. The van der Waals surface area contributed by atoms with Crippen LogP contribution in [0.4, 0.5) is 4.39 Å². The quantitative estimate of drug-likeness (QED) is 0.451. The van der Waals surface area contributed by atoms with Crippen LogP contribution in [0.1, 0.15) is 77.2 Å². The molecule has 6 rings (SSSR count). The largest absolute Gasteiger partial charge is 0.393 e. The topological polar surface area (TPSA) is 58.9 Å². The van der Waals surface area contributed by atoms with E-state index in [1.165, 1.54) is 24.1 Å². The molecule has 1 aromatic carbocycles. The van der Waals surface area contributed by atoms with E-state index in [0.717, 1.165) is 62.5 Å². The number of aliphatic hydroxyl groups excluding tert-OH is 1. The second-order valence-corrected chi connectivity index (χ2v) is 12.2. The first-order valence-electron chi connectivity index (χ1n) is 13.1. The molecule has 4 aliphatic carbocycles. The number of oxime groups is 1. The number of rotatable bonds is 3. The molecular weight excluding hydrogens is 429 g/mol. The number of fused-ring (bicyclic) bond motifs is 5. The number of hydrogen-bond acceptors (Lipinski definition) is 4. The van der Waals surface area contributed by atoms with E-state index in [1.54, 1.807) is 12.1 Å². The number of aldehydes is 1. The number of carbonyl (C=O) groups is 1. The summed E-state index contributed by atoms with van der Waals surface area (Å²) in [6, 6.07) is 6.30. The van der Waals surface area contributed by atoms with Gasteiger partial charge >= 0.3 is 0 Å². The summed E-state index contributed by atoms with van der Waals surface area (Å²) in [4.78, 5) is 18.6. The van der Waals surface area contributed by atoms with Gasteiger partial charge in [-0.15, -0.1) is 0 Å². The third-order valence-corrected chi connectivity index (χ3v) is 10.8. The van der Waals surface area contributed by atoms with Crippen LogP contribution in [0.2, 0.25) is 0 Å². The van der Waals surface area contributed by atoms with Gasteiger partial charge in [-0.05, 0) is 97.6 Å². The Morgan fingerprint density at radius 2 is 1.88 bits per heavy atom. The highest BCUT2D eigenvalue weighted by atomic mass is 19.1. The van der Waals surface area contributed by atoms with E-state index < -0.39 is 5.60 Å². The van der Waals surface area contributed by atoms with Crippen LogP contribution in [-0.2, 0) is 9.63 Å². The van der Waals surface area contributed by atoms with Gasteiger partial charge in [0, 0.05) is 12.3 Å². The summed E-state index contributed by atoms with van der Waals surface area (Å²) in [7, 11) is 0. The molecule has 0 saturated heterocycles. The van der Waals surface area contributed by atoms with Crippen molar-refractivity contribution < 1.29 is 19.1 Å². The van der Waals surface area contributed by atoms with E-state index in [4.69, 9.17) is 4.84 Å². The van der Waals surface area contributed by atoms with Crippen LogP contribution in [0, 0.1) is 40.3 Å². The predicted octanol–water partition coefficient (Wildman–Crippen LogP) is 5.83. The molecular formula is C29H36FNO3. The van der Waals surface area contributed by atoms with E-state index >= 15 is 0 Å². The highest BCUT2D eigenvalue weighted by Gasteiger charge is 2.64. The average Bonchev–Trinajstić information content (AvgIpc) is 3.42. The zero-order valence-electron chi connectivity index (χ0n) is 20.3. The third kappa shape index (κ3) is 3.11. The molecule has 1 N–H and O–H groups in total. The maximum Gasteiger partial charge on any atom is 0.201 e. The molecule has 0 spiro atoms. The van der Waals surface area contributed by atoms with Gasteiger partial charge in [-0.25, -0.2) is 4.39 Å². The second kappa shape index (κ2) is 7.74. The molecule has 0 aromatic heterocycles. The van der Waals surface area contributed by atoms with E-state index in [9.17, 15) is 14.3 Å². The Morgan fingerprint density at radius 1 is 1.09 bits per heavy atom. The zero-order valence-corrected chi connectivity index (χ0v) is 20.3. The normalized spacial score (nSPS) is 45.4. The summed E-state index contributed by atoms with van der Waals surface area (Å²) in [5.74, 6) is 1.73. The van der Waals surface area contributed by atoms with Crippen molar-refractivity contribution in [3.63, 3.8) is 0 Å². The van der Waals surface area contributed by atoms with Crippen LogP contribution in [-0.4, -0.2) is 28.8 Å². The molecule has 5 aliphatic rings. The lowest BCUT2D eigenvalue weighted by atomic mass is 9.46. The number of halogens is 1. The Balaban J connectivity index is 1.27. The summed E-state index contributed by atoms with van der Waals surface area (Å²) < 4.78 is 13.4. The van der Waals surface area contributed by atoms with E-state index in [-0.39, 0.29) is 28.7 Å². The van der Waals surface area contributed by atoms with Crippen LogP contribution in [0.15, 0.2) is 41.1 Å². The van der Waals surface area contributed by atoms with Crippen molar-refractivity contribution in [1.29, 1.82) is 0 Å².